The Hall–Kier alpha value is -1.94. The lowest BCUT2D eigenvalue weighted by Crippen LogP contribution is -2.30. The maximum atomic E-state index is 12.9. The minimum Gasteiger partial charge on any atom is -0.462 e. The van der Waals surface area contributed by atoms with Crippen molar-refractivity contribution in [3.63, 3.8) is 0 Å². The fourth-order valence-corrected chi connectivity index (χ4v) is 10.5. The van der Waals surface area contributed by atoms with Crippen molar-refractivity contribution in [2.45, 2.75) is 311 Å². The molecule has 3 N–H and O–H groups in total. The number of phosphoric acid groups is 2. The molecule has 19 heteroatoms. The number of esters is 4. The molecule has 0 amide bonds. The Balaban J connectivity index is 5.23. The molecule has 0 saturated carbocycles. The number of ether oxygens (including phenoxy) is 4. The Morgan fingerprint density at radius 1 is 0.362 bits per heavy atom. The van der Waals surface area contributed by atoms with Crippen molar-refractivity contribution in [3.05, 3.63) is 0 Å². The first-order valence-corrected chi connectivity index (χ1v) is 34.9. The number of aliphatic hydroxyl groups excluding tert-OH is 1. The topological polar surface area (TPSA) is 237 Å². The van der Waals surface area contributed by atoms with Crippen molar-refractivity contribution in [2.24, 2.45) is 17.8 Å². The molecule has 0 fully saturated rings. The number of hydrogen-bond acceptors (Lipinski definition) is 15. The number of aliphatic hydroxyl groups is 1. The minimum atomic E-state index is -4.94. The average molecular weight is 1190 g/mol. The minimum absolute atomic E-state index is 0.101. The molecule has 0 radical (unpaired) electrons. The Kier molecular flexibility index (Phi) is 51.3. The van der Waals surface area contributed by atoms with E-state index in [0.29, 0.717) is 31.6 Å². The van der Waals surface area contributed by atoms with E-state index in [1.807, 2.05) is 0 Å². The van der Waals surface area contributed by atoms with Gasteiger partial charge in [0.25, 0.3) is 0 Å². The summed E-state index contributed by atoms with van der Waals surface area (Å²) < 4.78 is 67.7. The van der Waals surface area contributed by atoms with Crippen LogP contribution in [0.2, 0.25) is 0 Å². The quantitative estimate of drug-likeness (QED) is 0.0222. The molecular weight excluding hydrogens is 1070 g/mol. The third-order valence-electron chi connectivity index (χ3n) is 14.2. The van der Waals surface area contributed by atoms with Gasteiger partial charge in [-0.3, -0.25) is 37.3 Å². The Bertz CT molecular complexity index is 1600. The van der Waals surface area contributed by atoms with Crippen molar-refractivity contribution >= 4 is 39.5 Å². The summed E-state index contributed by atoms with van der Waals surface area (Å²) in [6, 6.07) is 0. The Morgan fingerprint density at radius 2 is 0.637 bits per heavy atom. The highest BCUT2D eigenvalue weighted by molar-refractivity contribution is 7.47. The highest BCUT2D eigenvalue weighted by Gasteiger charge is 2.30. The van der Waals surface area contributed by atoms with Gasteiger partial charge in [0.2, 0.25) is 0 Å². The summed E-state index contributed by atoms with van der Waals surface area (Å²) in [5.41, 5.74) is 0. The van der Waals surface area contributed by atoms with Crippen LogP contribution in [0.4, 0.5) is 0 Å². The lowest BCUT2D eigenvalue weighted by atomic mass is 9.99. The lowest BCUT2D eigenvalue weighted by molar-refractivity contribution is -0.161. The smallest absolute Gasteiger partial charge is 0.462 e. The van der Waals surface area contributed by atoms with Crippen LogP contribution < -0.4 is 0 Å². The number of carbonyl (C=O) groups is 4. The van der Waals surface area contributed by atoms with Gasteiger partial charge in [0.15, 0.2) is 12.2 Å². The molecule has 0 bridgehead atoms. The van der Waals surface area contributed by atoms with Crippen LogP contribution in [-0.4, -0.2) is 96.7 Å². The van der Waals surface area contributed by atoms with Crippen LogP contribution in [0, 0.1) is 17.8 Å². The number of unbranched alkanes of at least 4 members (excludes halogenated alkanes) is 26. The van der Waals surface area contributed by atoms with E-state index < -0.39 is 97.5 Å². The van der Waals surface area contributed by atoms with Gasteiger partial charge in [-0.25, -0.2) is 9.13 Å². The molecule has 6 atom stereocenters. The van der Waals surface area contributed by atoms with Crippen molar-refractivity contribution in [1.82, 2.24) is 0 Å². The van der Waals surface area contributed by atoms with E-state index in [1.54, 1.807) is 0 Å². The van der Waals surface area contributed by atoms with Crippen molar-refractivity contribution in [1.29, 1.82) is 0 Å². The molecule has 0 aromatic rings. The largest absolute Gasteiger partial charge is 0.472 e. The normalized spacial score (nSPS) is 14.8. The standard InChI is InChI=1S/C61H118O17P2/c1-8-10-11-12-18-28-35-42-58(63)71-48-57(78-61(66)45-38-31-24-23-26-33-40-53(5)6)51-76-80(69,70)74-47-55(62)46-73-79(67,68)75-50-56(77-60(65)44-37-30-22-15-13-14-19-25-32-39-52(3)4)49-72-59(64)43-36-29-21-17-16-20-27-34-41-54(7)9-2/h52-57,62H,8-51H2,1-7H3,(H,67,68)(H,69,70)/t54?,55-,56-,57-/m1/s1. The van der Waals surface area contributed by atoms with E-state index in [1.165, 1.54) is 89.9 Å². The summed E-state index contributed by atoms with van der Waals surface area (Å²) in [6.07, 6.45) is 32.3. The third kappa shape index (κ3) is 54.0. The number of carbonyl (C=O) groups excluding carboxylic acids is 4. The summed E-state index contributed by atoms with van der Waals surface area (Å²) in [6.45, 7) is 11.6. The van der Waals surface area contributed by atoms with Crippen LogP contribution in [0.25, 0.3) is 0 Å². The van der Waals surface area contributed by atoms with Gasteiger partial charge in [-0.05, 0) is 43.4 Å². The van der Waals surface area contributed by atoms with Crippen LogP contribution in [0.15, 0.2) is 0 Å². The fraction of sp³-hybridized carbons (Fsp3) is 0.934. The maximum absolute atomic E-state index is 12.9. The van der Waals surface area contributed by atoms with Crippen molar-refractivity contribution in [2.75, 3.05) is 39.6 Å². The van der Waals surface area contributed by atoms with Crippen LogP contribution in [0.5, 0.6) is 0 Å². The Labute approximate surface area is 486 Å². The van der Waals surface area contributed by atoms with Crippen molar-refractivity contribution < 1.29 is 80.2 Å². The first kappa shape index (κ1) is 78.1. The summed E-state index contributed by atoms with van der Waals surface area (Å²) in [4.78, 5) is 71.9. The SMILES string of the molecule is CCCCCCCCCC(=O)OC[C@H](COP(=O)(O)OC[C@H](O)COP(=O)(O)OC[C@@H](COC(=O)CCCCCCCCCCC(C)CC)OC(=O)CCCCCCCCCCCC(C)C)OC(=O)CCCCCCCCC(C)C. The zero-order chi connectivity index (χ0) is 59.5. The molecule has 0 saturated heterocycles. The molecule has 0 aliphatic rings. The first-order chi connectivity index (χ1) is 38.3. The molecule has 0 aliphatic carbocycles. The van der Waals surface area contributed by atoms with Gasteiger partial charge in [0.05, 0.1) is 26.4 Å². The monoisotopic (exact) mass is 1180 g/mol. The molecular formula is C61H118O17P2. The van der Waals surface area contributed by atoms with Crippen LogP contribution in [0.1, 0.15) is 292 Å². The van der Waals surface area contributed by atoms with Crippen LogP contribution in [-0.2, 0) is 65.4 Å². The van der Waals surface area contributed by atoms with E-state index >= 15 is 0 Å². The number of hydrogen-bond donors (Lipinski definition) is 3. The van der Waals surface area contributed by atoms with Crippen molar-refractivity contribution in [3.8, 4) is 0 Å². The van der Waals surface area contributed by atoms with E-state index in [-0.39, 0.29) is 25.7 Å². The van der Waals surface area contributed by atoms with E-state index in [0.717, 1.165) is 115 Å². The van der Waals surface area contributed by atoms with Gasteiger partial charge in [-0.2, -0.15) is 0 Å². The molecule has 3 unspecified atom stereocenters. The van der Waals surface area contributed by atoms with E-state index in [2.05, 4.69) is 48.5 Å². The summed E-state index contributed by atoms with van der Waals surface area (Å²) in [7, 11) is -9.88. The molecule has 0 heterocycles. The summed E-state index contributed by atoms with van der Waals surface area (Å²) in [5, 5.41) is 10.5. The molecule has 0 aliphatic heterocycles. The van der Waals surface area contributed by atoms with Gasteiger partial charge in [0, 0.05) is 25.7 Å². The zero-order valence-electron chi connectivity index (χ0n) is 51.5. The molecule has 474 valence electrons. The third-order valence-corrected chi connectivity index (χ3v) is 16.1. The number of rotatable bonds is 59. The van der Waals surface area contributed by atoms with Crippen LogP contribution in [0.3, 0.4) is 0 Å². The second kappa shape index (κ2) is 52.6. The van der Waals surface area contributed by atoms with E-state index in [4.69, 9.17) is 37.0 Å². The number of phosphoric ester groups is 2. The maximum Gasteiger partial charge on any atom is 0.472 e. The zero-order valence-corrected chi connectivity index (χ0v) is 53.3. The molecule has 0 rings (SSSR count). The first-order valence-electron chi connectivity index (χ1n) is 31.9. The Morgan fingerprint density at radius 3 is 0.950 bits per heavy atom. The van der Waals surface area contributed by atoms with Gasteiger partial charge < -0.3 is 33.8 Å². The highest BCUT2D eigenvalue weighted by atomic mass is 31.2. The highest BCUT2D eigenvalue weighted by Crippen LogP contribution is 2.45. The molecule has 80 heavy (non-hydrogen) atoms. The van der Waals surface area contributed by atoms with Gasteiger partial charge in [0.1, 0.15) is 19.3 Å². The predicted molar refractivity (Wildman–Crippen MR) is 317 cm³/mol. The van der Waals surface area contributed by atoms with E-state index in [9.17, 15) is 43.2 Å². The second-order valence-electron chi connectivity index (χ2n) is 23.3. The van der Waals surface area contributed by atoms with Gasteiger partial charge >= 0.3 is 39.5 Å². The molecule has 17 nitrogen and oxygen atoms in total. The summed E-state index contributed by atoms with van der Waals surface area (Å²) in [5.74, 6) is 0.0350. The lowest BCUT2D eigenvalue weighted by Gasteiger charge is -2.21. The molecule has 0 spiro atoms. The molecule has 0 aromatic heterocycles. The second-order valence-corrected chi connectivity index (χ2v) is 26.2. The summed E-state index contributed by atoms with van der Waals surface area (Å²) >= 11 is 0. The van der Waals surface area contributed by atoms with Gasteiger partial charge in [-0.1, -0.05) is 241 Å². The van der Waals surface area contributed by atoms with Gasteiger partial charge in [-0.15, -0.1) is 0 Å². The average Bonchev–Trinajstić information content (AvgIpc) is 3.41. The fourth-order valence-electron chi connectivity index (χ4n) is 8.92. The predicted octanol–water partition coefficient (Wildman–Crippen LogP) is 16.3. The molecule has 0 aromatic carbocycles. The van der Waals surface area contributed by atoms with Crippen LogP contribution >= 0.6 is 15.6 Å².